The maximum atomic E-state index is 15.7. The molecule has 4 N–H and O–H groups in total. The summed E-state index contributed by atoms with van der Waals surface area (Å²) in [5.74, 6) is -4.75. The van der Waals surface area contributed by atoms with Crippen molar-refractivity contribution in [3.8, 4) is 0 Å². The van der Waals surface area contributed by atoms with Gasteiger partial charge in [0.15, 0.2) is 6.10 Å². The number of esters is 1. The molecule has 2 rings (SSSR count). The minimum Gasteiger partial charge on any atom is -0.453 e. The van der Waals surface area contributed by atoms with Crippen LogP contribution in [0.1, 0.15) is 123 Å². The molecule has 0 aromatic rings. The summed E-state index contributed by atoms with van der Waals surface area (Å²) in [7, 11) is -4.61. The molecule has 0 spiro atoms. The van der Waals surface area contributed by atoms with Crippen LogP contribution in [0.4, 0.5) is 8.78 Å². The molecule has 5 atom stereocenters. The van der Waals surface area contributed by atoms with Gasteiger partial charge in [-0.15, -0.1) is 0 Å². The quantitative estimate of drug-likeness (QED) is 0.0596. The van der Waals surface area contributed by atoms with E-state index in [1.807, 2.05) is 0 Å². The van der Waals surface area contributed by atoms with Crippen molar-refractivity contribution in [2.24, 2.45) is 10.7 Å². The lowest BCUT2D eigenvalue weighted by atomic mass is 10.1. The Bertz CT molecular complexity index is 942. The van der Waals surface area contributed by atoms with Crippen LogP contribution in [0.5, 0.6) is 0 Å². The monoisotopic (exact) mass is 653 g/mol. The Kier molecular flexibility index (Phi) is 17.9. The first kappa shape index (κ1) is 38.6. The lowest BCUT2D eigenvalue weighted by Crippen LogP contribution is -2.52. The van der Waals surface area contributed by atoms with E-state index in [1.54, 1.807) is 0 Å². The number of hydrogen-bond acceptors (Lipinski definition) is 10. The van der Waals surface area contributed by atoms with Crippen LogP contribution in [-0.4, -0.2) is 70.6 Å². The Labute approximate surface area is 261 Å². The van der Waals surface area contributed by atoms with Crippen LogP contribution < -0.4 is 5.73 Å². The number of nitrogens with two attached hydrogens (primary N) is 1. The van der Waals surface area contributed by atoms with Crippen LogP contribution in [0.3, 0.4) is 0 Å². The highest BCUT2D eigenvalue weighted by atomic mass is 31.2. The van der Waals surface area contributed by atoms with E-state index < -0.39 is 51.1 Å². The molecule has 0 saturated carbocycles. The number of phosphoric ester groups is 1. The van der Waals surface area contributed by atoms with Gasteiger partial charge in [-0.3, -0.25) is 13.8 Å². The normalized spacial score (nSPS) is 24.3. The van der Waals surface area contributed by atoms with Crippen LogP contribution in [0, 0.1) is 0 Å². The first-order chi connectivity index (χ1) is 21.0. The van der Waals surface area contributed by atoms with Crippen LogP contribution in [0.2, 0.25) is 0 Å². The van der Waals surface area contributed by atoms with Crippen LogP contribution in [0.15, 0.2) is 17.3 Å². The number of carbonyl (C=O) groups is 1. The zero-order chi connectivity index (χ0) is 32.4. The molecule has 2 aliphatic heterocycles. The van der Waals surface area contributed by atoms with Crippen molar-refractivity contribution in [2.45, 2.75) is 154 Å². The van der Waals surface area contributed by atoms with E-state index in [9.17, 15) is 19.4 Å². The number of alkyl halides is 2. The SMILES string of the molecule is CCCCCCCCCCOP(=O)(O)OCC1OC(N2C=CC(N)=NC2O)C(F)(F)[C@@H]1OC(=O)CCCCCCCCCC. The van der Waals surface area contributed by atoms with E-state index in [2.05, 4.69) is 18.8 Å². The fraction of sp³-hybridized carbons (Fsp3) is 0.867. The predicted octanol–water partition coefficient (Wildman–Crippen LogP) is 6.53. The van der Waals surface area contributed by atoms with Crippen molar-refractivity contribution in [2.75, 3.05) is 13.2 Å². The van der Waals surface area contributed by atoms with Crippen molar-refractivity contribution >= 4 is 19.6 Å². The third kappa shape index (κ3) is 13.8. The fourth-order valence-electron chi connectivity index (χ4n) is 5.17. The number of nitrogens with zero attached hydrogens (tertiary/aromatic N) is 2. The first-order valence-corrected chi connectivity index (χ1v) is 17.8. The highest BCUT2D eigenvalue weighted by Gasteiger charge is 2.64. The minimum absolute atomic E-state index is 0.0335. The molecule has 4 unspecified atom stereocenters. The molecule has 1 fully saturated rings. The summed E-state index contributed by atoms with van der Waals surface area (Å²) in [5.41, 5.74) is 5.55. The van der Waals surface area contributed by atoms with Gasteiger partial charge in [-0.1, -0.05) is 104 Å². The molecule has 0 radical (unpaired) electrons. The van der Waals surface area contributed by atoms with Gasteiger partial charge in [-0.2, -0.15) is 8.78 Å². The van der Waals surface area contributed by atoms with Gasteiger partial charge < -0.3 is 30.1 Å². The van der Waals surface area contributed by atoms with Crippen LogP contribution >= 0.6 is 7.82 Å². The average molecular weight is 654 g/mol. The largest absolute Gasteiger partial charge is 0.472 e. The van der Waals surface area contributed by atoms with E-state index in [-0.39, 0.29) is 18.9 Å². The van der Waals surface area contributed by atoms with E-state index in [0.717, 1.165) is 68.9 Å². The molecule has 2 heterocycles. The van der Waals surface area contributed by atoms with Crippen LogP contribution in [-0.2, 0) is 27.9 Å². The topological polar surface area (TPSA) is 153 Å². The van der Waals surface area contributed by atoms with Gasteiger partial charge >= 0.3 is 19.7 Å². The zero-order valence-corrected chi connectivity index (χ0v) is 27.3. The number of rotatable bonds is 24. The van der Waals surface area contributed by atoms with E-state index in [0.29, 0.717) is 12.8 Å². The molecule has 2 aliphatic rings. The molecule has 1 saturated heterocycles. The summed E-state index contributed by atoms with van der Waals surface area (Å²) in [5, 5.41) is 10.2. The third-order valence-electron chi connectivity index (χ3n) is 7.72. The summed E-state index contributed by atoms with van der Waals surface area (Å²) in [6.45, 7) is 3.46. The number of aliphatic hydroxyl groups excluding tert-OH is 1. The Hall–Kier alpha value is -1.63. The summed E-state index contributed by atoms with van der Waals surface area (Å²) < 4.78 is 64.6. The average Bonchev–Trinajstić information content (AvgIpc) is 3.21. The fourth-order valence-corrected chi connectivity index (χ4v) is 5.94. The minimum atomic E-state index is -4.61. The smallest absolute Gasteiger partial charge is 0.453 e. The molecular weight excluding hydrogens is 599 g/mol. The number of unbranched alkanes of at least 4 members (excludes halogenated alkanes) is 14. The third-order valence-corrected chi connectivity index (χ3v) is 8.70. The second-order valence-electron chi connectivity index (χ2n) is 11.6. The van der Waals surface area contributed by atoms with Gasteiger partial charge in [0, 0.05) is 12.6 Å². The van der Waals surface area contributed by atoms with Gasteiger partial charge in [0.05, 0.1) is 13.2 Å². The molecule has 0 aromatic heterocycles. The number of amidine groups is 1. The van der Waals surface area contributed by atoms with Crippen molar-refractivity contribution in [1.82, 2.24) is 4.90 Å². The molecule has 0 aliphatic carbocycles. The van der Waals surface area contributed by atoms with E-state index in [1.165, 1.54) is 38.2 Å². The number of ether oxygens (including phenoxy) is 2. The maximum Gasteiger partial charge on any atom is 0.472 e. The van der Waals surface area contributed by atoms with Crippen molar-refractivity contribution in [3.63, 3.8) is 0 Å². The molecule has 256 valence electrons. The maximum absolute atomic E-state index is 15.7. The highest BCUT2D eigenvalue weighted by Crippen LogP contribution is 2.46. The molecule has 44 heavy (non-hydrogen) atoms. The van der Waals surface area contributed by atoms with E-state index >= 15 is 8.78 Å². The first-order valence-electron chi connectivity index (χ1n) is 16.3. The molecule has 14 heteroatoms. The van der Waals surface area contributed by atoms with Gasteiger partial charge in [0.25, 0.3) is 0 Å². The Morgan fingerprint density at radius 3 is 2.09 bits per heavy atom. The standard InChI is InChI=1S/C30H54F2N3O8P/c1-3-5-7-9-11-13-15-17-19-26(36)43-27-24(42-28(30(27,31)32)35-21-20-25(33)34-29(35)37)23-41-44(38,39)40-22-18-16-14-12-10-8-6-4-2/h20-21,24,27-29,37H,3-19,22-23H2,1-2H3,(H2,33,34)(H,38,39)/t24?,27-,28?,29?/m1/s1. The zero-order valence-electron chi connectivity index (χ0n) is 26.4. The predicted molar refractivity (Wildman–Crippen MR) is 164 cm³/mol. The van der Waals surface area contributed by atoms with Crippen molar-refractivity contribution in [3.05, 3.63) is 12.3 Å². The van der Waals surface area contributed by atoms with Gasteiger partial charge in [0.1, 0.15) is 11.9 Å². The van der Waals surface area contributed by atoms with Gasteiger partial charge in [-0.25, -0.2) is 9.56 Å². The number of aliphatic hydroxyl groups is 1. The number of phosphoric acid groups is 1. The van der Waals surface area contributed by atoms with Crippen molar-refractivity contribution in [1.29, 1.82) is 0 Å². The highest BCUT2D eigenvalue weighted by molar-refractivity contribution is 7.47. The molecule has 0 aromatic carbocycles. The number of aliphatic imine (C=N–C) groups is 1. The summed E-state index contributed by atoms with van der Waals surface area (Å²) >= 11 is 0. The molecular formula is C30H54F2N3O8P. The summed E-state index contributed by atoms with van der Waals surface area (Å²) in [6, 6.07) is 0. The lowest BCUT2D eigenvalue weighted by Gasteiger charge is -2.34. The number of hydrogen-bond donors (Lipinski definition) is 3. The molecule has 0 bridgehead atoms. The van der Waals surface area contributed by atoms with Gasteiger partial charge in [0.2, 0.25) is 12.6 Å². The summed E-state index contributed by atoms with van der Waals surface area (Å²) in [4.78, 5) is 27.1. The van der Waals surface area contributed by atoms with Gasteiger partial charge in [-0.05, 0) is 18.9 Å². The van der Waals surface area contributed by atoms with Crippen LogP contribution in [0.25, 0.3) is 0 Å². The molecule has 0 amide bonds. The Balaban J connectivity index is 1.92. The second-order valence-corrected chi connectivity index (χ2v) is 13.0. The summed E-state index contributed by atoms with van der Waals surface area (Å²) in [6.07, 6.45) is 10.6. The van der Waals surface area contributed by atoms with Crippen molar-refractivity contribution < 1.29 is 46.7 Å². The lowest BCUT2D eigenvalue weighted by molar-refractivity contribution is -0.195. The number of halogens is 2. The second kappa shape index (κ2) is 20.5. The molecule has 11 nitrogen and oxygen atoms in total. The Morgan fingerprint density at radius 1 is 0.977 bits per heavy atom. The van der Waals surface area contributed by atoms with E-state index in [4.69, 9.17) is 24.3 Å². The Morgan fingerprint density at radius 2 is 1.52 bits per heavy atom. The number of carbonyl (C=O) groups excluding carboxylic acids is 1.